The molecule has 4 amide bonds. The largest absolute Gasteiger partial charge is 0.497 e. The lowest BCUT2D eigenvalue weighted by Crippen LogP contribution is -2.54. The molecule has 11 nitrogen and oxygen atoms in total. The molecular formula is C28H22N2O9. The first-order valence-electron chi connectivity index (χ1n) is 11.8. The van der Waals surface area contributed by atoms with E-state index in [2.05, 4.69) is 5.32 Å². The molecule has 0 saturated carbocycles. The quantitative estimate of drug-likeness (QED) is 0.210. The van der Waals surface area contributed by atoms with Crippen LogP contribution in [0.5, 0.6) is 28.7 Å². The summed E-state index contributed by atoms with van der Waals surface area (Å²) in [5.41, 5.74) is 0.653. The zero-order valence-electron chi connectivity index (χ0n) is 20.9. The lowest BCUT2D eigenvalue weighted by Gasteiger charge is -2.26. The summed E-state index contributed by atoms with van der Waals surface area (Å²) in [6, 6.07) is 14.6. The van der Waals surface area contributed by atoms with E-state index in [0.717, 1.165) is 4.90 Å². The number of fused-ring (bicyclic) bond motifs is 1. The summed E-state index contributed by atoms with van der Waals surface area (Å²) in [5.74, 6) is -0.421. The third kappa shape index (κ3) is 5.10. The van der Waals surface area contributed by atoms with Crippen molar-refractivity contribution in [1.29, 1.82) is 0 Å². The molecule has 1 saturated heterocycles. The van der Waals surface area contributed by atoms with E-state index in [1.807, 2.05) is 0 Å². The highest BCUT2D eigenvalue weighted by Gasteiger charge is 2.37. The van der Waals surface area contributed by atoms with Gasteiger partial charge in [-0.1, -0.05) is 6.07 Å². The number of ether oxygens (including phenoxy) is 5. The molecule has 0 aromatic heterocycles. The Balaban J connectivity index is 1.41. The Morgan fingerprint density at radius 3 is 2.49 bits per heavy atom. The predicted molar refractivity (Wildman–Crippen MR) is 137 cm³/mol. The monoisotopic (exact) mass is 530 g/mol. The molecule has 39 heavy (non-hydrogen) atoms. The van der Waals surface area contributed by atoms with Crippen LogP contribution < -0.4 is 33.9 Å². The van der Waals surface area contributed by atoms with Gasteiger partial charge in [-0.2, -0.15) is 0 Å². The topological polar surface area (TPSA) is 130 Å². The summed E-state index contributed by atoms with van der Waals surface area (Å²) in [7, 11) is 1.49. The van der Waals surface area contributed by atoms with Crippen LogP contribution in [0.25, 0.3) is 6.08 Å². The van der Waals surface area contributed by atoms with Crippen molar-refractivity contribution in [1.82, 2.24) is 5.32 Å². The van der Waals surface area contributed by atoms with Gasteiger partial charge in [-0.05, 0) is 73.2 Å². The number of nitrogens with zero attached hydrogens (tertiary/aromatic N) is 1. The molecule has 3 aromatic rings. The molecule has 2 aliphatic rings. The van der Waals surface area contributed by atoms with Gasteiger partial charge in [0.15, 0.2) is 23.0 Å². The molecular weight excluding hydrogens is 508 g/mol. The highest BCUT2D eigenvalue weighted by Crippen LogP contribution is 2.34. The standard InChI is InChI=1S/C28H22N2O9/c1-3-36-23-13-16(4-10-22(23)39-27(33)17-5-11-21-24(14-17)38-15-37-21)12-20-25(31)29-28(34)30(26(20)32)18-6-8-19(35-2)9-7-18/h4-14H,3,15H2,1-2H3,(H,29,31,34)/b20-12+. The zero-order valence-corrected chi connectivity index (χ0v) is 20.9. The summed E-state index contributed by atoms with van der Waals surface area (Å²) >= 11 is 0. The fourth-order valence-electron chi connectivity index (χ4n) is 3.94. The van der Waals surface area contributed by atoms with Crippen molar-refractivity contribution in [2.45, 2.75) is 6.92 Å². The van der Waals surface area contributed by atoms with Crippen LogP contribution in [0.2, 0.25) is 0 Å². The lowest BCUT2D eigenvalue weighted by molar-refractivity contribution is -0.122. The summed E-state index contributed by atoms with van der Waals surface area (Å²) in [4.78, 5) is 51.9. The van der Waals surface area contributed by atoms with Crippen molar-refractivity contribution in [3.63, 3.8) is 0 Å². The smallest absolute Gasteiger partial charge is 0.343 e. The third-order valence-electron chi connectivity index (χ3n) is 5.82. The van der Waals surface area contributed by atoms with Crippen molar-refractivity contribution < 1.29 is 42.9 Å². The number of anilines is 1. The number of hydrogen-bond donors (Lipinski definition) is 1. The van der Waals surface area contributed by atoms with Gasteiger partial charge in [0.2, 0.25) is 6.79 Å². The van der Waals surface area contributed by atoms with E-state index in [9.17, 15) is 19.2 Å². The number of carbonyl (C=O) groups excluding carboxylic acids is 4. The maximum absolute atomic E-state index is 13.2. The van der Waals surface area contributed by atoms with Gasteiger partial charge in [-0.3, -0.25) is 14.9 Å². The highest BCUT2D eigenvalue weighted by atomic mass is 16.7. The Labute approximate surface area is 222 Å². The molecule has 198 valence electrons. The van der Waals surface area contributed by atoms with Gasteiger partial charge in [-0.25, -0.2) is 14.5 Å². The van der Waals surface area contributed by atoms with Crippen molar-refractivity contribution >= 4 is 35.6 Å². The van der Waals surface area contributed by atoms with E-state index in [1.165, 1.54) is 43.5 Å². The number of hydrogen-bond acceptors (Lipinski definition) is 9. The minimum atomic E-state index is -0.868. The first-order valence-corrected chi connectivity index (χ1v) is 11.8. The molecule has 0 bridgehead atoms. The van der Waals surface area contributed by atoms with E-state index in [-0.39, 0.29) is 41.7 Å². The van der Waals surface area contributed by atoms with Gasteiger partial charge in [0.05, 0.1) is 25.0 Å². The van der Waals surface area contributed by atoms with Gasteiger partial charge in [0, 0.05) is 0 Å². The summed E-state index contributed by atoms with van der Waals surface area (Å²) < 4.78 is 26.9. The fraction of sp³-hybridized carbons (Fsp3) is 0.143. The second-order valence-electron chi connectivity index (χ2n) is 8.25. The first-order chi connectivity index (χ1) is 18.9. The molecule has 0 spiro atoms. The number of benzene rings is 3. The van der Waals surface area contributed by atoms with Crippen LogP contribution in [-0.4, -0.2) is 44.3 Å². The molecule has 11 heteroatoms. The second-order valence-corrected chi connectivity index (χ2v) is 8.25. The molecule has 5 rings (SSSR count). The minimum Gasteiger partial charge on any atom is -0.497 e. The number of imide groups is 2. The molecule has 0 radical (unpaired) electrons. The van der Waals surface area contributed by atoms with Crippen molar-refractivity contribution in [2.24, 2.45) is 0 Å². The SMILES string of the molecule is CCOc1cc(/C=C2\C(=O)NC(=O)N(c3ccc(OC)cc3)C2=O)ccc1OC(=O)c1ccc2c(c1)OCO2. The van der Waals surface area contributed by atoms with Crippen LogP contribution in [0.1, 0.15) is 22.8 Å². The van der Waals surface area contributed by atoms with E-state index < -0.39 is 23.8 Å². The average Bonchev–Trinajstić information content (AvgIpc) is 3.41. The van der Waals surface area contributed by atoms with Crippen molar-refractivity contribution in [3.05, 3.63) is 77.4 Å². The molecule has 2 heterocycles. The molecule has 0 unspecified atom stereocenters. The Hall–Kier alpha value is -5.32. The van der Waals surface area contributed by atoms with Crippen molar-refractivity contribution in [2.75, 3.05) is 25.4 Å². The molecule has 2 aliphatic heterocycles. The Bertz CT molecular complexity index is 1510. The van der Waals surface area contributed by atoms with E-state index in [4.69, 9.17) is 23.7 Å². The number of esters is 1. The molecule has 1 N–H and O–H groups in total. The van der Waals surface area contributed by atoms with Crippen LogP contribution in [0.3, 0.4) is 0 Å². The average molecular weight is 530 g/mol. The lowest BCUT2D eigenvalue weighted by atomic mass is 10.1. The second kappa shape index (κ2) is 10.6. The fourth-order valence-corrected chi connectivity index (χ4v) is 3.94. The summed E-state index contributed by atoms with van der Waals surface area (Å²) in [5, 5.41) is 2.18. The zero-order chi connectivity index (χ0) is 27.5. The van der Waals surface area contributed by atoms with Gasteiger partial charge >= 0.3 is 12.0 Å². The van der Waals surface area contributed by atoms with E-state index in [0.29, 0.717) is 22.8 Å². The third-order valence-corrected chi connectivity index (χ3v) is 5.82. The van der Waals surface area contributed by atoms with Crippen molar-refractivity contribution in [3.8, 4) is 28.7 Å². The van der Waals surface area contributed by atoms with Gasteiger partial charge in [-0.15, -0.1) is 0 Å². The summed E-state index contributed by atoms with van der Waals surface area (Å²) in [6.07, 6.45) is 1.33. The maximum atomic E-state index is 13.2. The number of methoxy groups -OCH3 is 1. The highest BCUT2D eigenvalue weighted by molar-refractivity contribution is 6.39. The number of nitrogens with one attached hydrogen (secondary N) is 1. The van der Waals surface area contributed by atoms with Crippen LogP contribution in [0.15, 0.2) is 66.2 Å². The van der Waals surface area contributed by atoms with E-state index >= 15 is 0 Å². The Kier molecular flexibility index (Phi) is 6.87. The van der Waals surface area contributed by atoms with Crippen LogP contribution in [0.4, 0.5) is 10.5 Å². The molecule has 3 aromatic carbocycles. The predicted octanol–water partition coefficient (Wildman–Crippen LogP) is 3.71. The van der Waals surface area contributed by atoms with E-state index in [1.54, 1.807) is 37.3 Å². The van der Waals surface area contributed by atoms with Crippen LogP contribution in [0, 0.1) is 0 Å². The Morgan fingerprint density at radius 1 is 0.974 bits per heavy atom. The number of amides is 4. The number of barbiturate groups is 1. The number of carbonyl (C=O) groups is 4. The Morgan fingerprint density at radius 2 is 1.74 bits per heavy atom. The van der Waals surface area contributed by atoms with Gasteiger partial charge in [0.1, 0.15) is 11.3 Å². The maximum Gasteiger partial charge on any atom is 0.343 e. The normalized spacial score (nSPS) is 15.3. The molecule has 0 atom stereocenters. The number of rotatable bonds is 7. The molecule has 0 aliphatic carbocycles. The summed E-state index contributed by atoms with van der Waals surface area (Å²) in [6.45, 7) is 2.09. The van der Waals surface area contributed by atoms with Crippen LogP contribution in [-0.2, 0) is 9.59 Å². The first kappa shape index (κ1) is 25.3. The van der Waals surface area contributed by atoms with Gasteiger partial charge < -0.3 is 23.7 Å². The van der Waals surface area contributed by atoms with Crippen LogP contribution >= 0.6 is 0 Å². The minimum absolute atomic E-state index is 0.0752. The number of urea groups is 1. The molecule has 1 fully saturated rings. The van der Waals surface area contributed by atoms with Gasteiger partial charge in [0.25, 0.3) is 11.8 Å².